The van der Waals surface area contributed by atoms with Gasteiger partial charge in [-0.1, -0.05) is 6.92 Å². The van der Waals surface area contributed by atoms with Crippen molar-refractivity contribution < 1.29 is 9.84 Å². The van der Waals surface area contributed by atoms with Crippen LogP contribution in [0, 0.1) is 0 Å². The molecule has 1 aromatic heterocycles. The summed E-state index contributed by atoms with van der Waals surface area (Å²) >= 11 is 0. The van der Waals surface area contributed by atoms with Crippen LogP contribution in [0.2, 0.25) is 0 Å². The van der Waals surface area contributed by atoms with Crippen LogP contribution in [0.15, 0.2) is 23.1 Å². The summed E-state index contributed by atoms with van der Waals surface area (Å²) in [6.45, 7) is 2.78. The van der Waals surface area contributed by atoms with Gasteiger partial charge in [-0.3, -0.25) is 4.79 Å². The molecule has 0 radical (unpaired) electrons. The van der Waals surface area contributed by atoms with Crippen molar-refractivity contribution in [3.8, 4) is 5.75 Å². The molecule has 14 heavy (non-hydrogen) atoms. The van der Waals surface area contributed by atoms with Gasteiger partial charge in [0.1, 0.15) is 0 Å². The fourth-order valence-electron chi connectivity index (χ4n) is 1.12. The van der Waals surface area contributed by atoms with Gasteiger partial charge in [0.15, 0.2) is 5.75 Å². The standard InChI is InChI=1S/C10H15NO3/c1-2-8-14-9-4-3-5-11(6-7-12)10(9)13/h3-5,12H,2,6-8H2,1H3. The summed E-state index contributed by atoms with van der Waals surface area (Å²) in [5, 5.41) is 8.71. The van der Waals surface area contributed by atoms with E-state index in [2.05, 4.69) is 0 Å². The molecule has 0 bridgehead atoms. The summed E-state index contributed by atoms with van der Waals surface area (Å²) in [6, 6.07) is 3.38. The molecule has 0 atom stereocenters. The van der Waals surface area contributed by atoms with Crippen LogP contribution in [0.5, 0.6) is 5.75 Å². The molecular weight excluding hydrogens is 182 g/mol. The fraction of sp³-hybridized carbons (Fsp3) is 0.500. The van der Waals surface area contributed by atoms with Crippen molar-refractivity contribution in [3.63, 3.8) is 0 Å². The smallest absolute Gasteiger partial charge is 0.292 e. The Morgan fingerprint density at radius 2 is 2.36 bits per heavy atom. The van der Waals surface area contributed by atoms with Gasteiger partial charge in [0.05, 0.1) is 13.2 Å². The minimum absolute atomic E-state index is 0.0445. The van der Waals surface area contributed by atoms with Crippen molar-refractivity contribution in [3.05, 3.63) is 28.7 Å². The maximum absolute atomic E-state index is 11.6. The summed E-state index contributed by atoms with van der Waals surface area (Å²) in [4.78, 5) is 11.6. The van der Waals surface area contributed by atoms with Crippen molar-refractivity contribution in [1.29, 1.82) is 0 Å². The van der Waals surface area contributed by atoms with E-state index < -0.39 is 0 Å². The van der Waals surface area contributed by atoms with Crippen LogP contribution in [0.1, 0.15) is 13.3 Å². The quantitative estimate of drug-likeness (QED) is 0.753. The van der Waals surface area contributed by atoms with Crippen molar-refractivity contribution in [2.45, 2.75) is 19.9 Å². The zero-order chi connectivity index (χ0) is 10.4. The maximum atomic E-state index is 11.6. The largest absolute Gasteiger partial charge is 0.488 e. The van der Waals surface area contributed by atoms with Crippen molar-refractivity contribution in [1.82, 2.24) is 4.57 Å². The van der Waals surface area contributed by atoms with Gasteiger partial charge in [0.2, 0.25) is 0 Å². The predicted octanol–water partition coefficient (Wildman–Crippen LogP) is 0.629. The van der Waals surface area contributed by atoms with Crippen LogP contribution in [-0.2, 0) is 6.54 Å². The highest BCUT2D eigenvalue weighted by Gasteiger charge is 2.02. The molecule has 0 aliphatic rings. The average Bonchev–Trinajstić information content (AvgIpc) is 2.20. The third-order valence-electron chi connectivity index (χ3n) is 1.79. The van der Waals surface area contributed by atoms with E-state index in [1.165, 1.54) is 4.57 Å². The minimum Gasteiger partial charge on any atom is -0.488 e. The lowest BCUT2D eigenvalue weighted by Gasteiger charge is -2.07. The average molecular weight is 197 g/mol. The van der Waals surface area contributed by atoms with E-state index in [1.807, 2.05) is 6.92 Å². The summed E-state index contributed by atoms with van der Waals surface area (Å²) in [5.41, 5.74) is -0.185. The highest BCUT2D eigenvalue weighted by atomic mass is 16.5. The summed E-state index contributed by atoms with van der Waals surface area (Å²) in [7, 11) is 0. The molecule has 0 unspecified atom stereocenters. The number of aromatic nitrogens is 1. The molecule has 78 valence electrons. The molecule has 1 rings (SSSR count). The Balaban J connectivity index is 2.84. The van der Waals surface area contributed by atoms with Gasteiger partial charge >= 0.3 is 0 Å². The van der Waals surface area contributed by atoms with E-state index in [-0.39, 0.29) is 12.2 Å². The summed E-state index contributed by atoms with van der Waals surface area (Å²) in [5.74, 6) is 0.350. The van der Waals surface area contributed by atoms with Gasteiger partial charge in [0.25, 0.3) is 5.56 Å². The van der Waals surface area contributed by atoms with Gasteiger partial charge in [-0.15, -0.1) is 0 Å². The van der Waals surface area contributed by atoms with Crippen LogP contribution in [0.3, 0.4) is 0 Å². The van der Waals surface area contributed by atoms with Crippen molar-refractivity contribution in [2.75, 3.05) is 13.2 Å². The number of hydrogen-bond acceptors (Lipinski definition) is 3. The topological polar surface area (TPSA) is 51.5 Å². The number of ether oxygens (including phenoxy) is 1. The molecule has 0 spiro atoms. The van der Waals surface area contributed by atoms with Crippen LogP contribution >= 0.6 is 0 Å². The van der Waals surface area contributed by atoms with Crippen LogP contribution in [0.4, 0.5) is 0 Å². The second-order valence-corrected chi connectivity index (χ2v) is 2.94. The fourth-order valence-corrected chi connectivity index (χ4v) is 1.12. The molecule has 0 saturated carbocycles. The van der Waals surface area contributed by atoms with E-state index in [0.29, 0.717) is 18.9 Å². The second kappa shape index (κ2) is 5.44. The van der Waals surface area contributed by atoms with Crippen molar-refractivity contribution in [2.24, 2.45) is 0 Å². The normalized spacial score (nSPS) is 10.1. The Morgan fingerprint density at radius 3 is 3.00 bits per heavy atom. The lowest BCUT2D eigenvalue weighted by molar-refractivity contribution is 0.269. The maximum Gasteiger partial charge on any atom is 0.292 e. The van der Waals surface area contributed by atoms with Crippen LogP contribution in [0.25, 0.3) is 0 Å². The van der Waals surface area contributed by atoms with E-state index in [1.54, 1.807) is 18.3 Å². The lowest BCUT2D eigenvalue weighted by Crippen LogP contribution is -2.22. The molecule has 0 amide bonds. The Hall–Kier alpha value is -1.29. The highest BCUT2D eigenvalue weighted by Crippen LogP contribution is 2.01. The van der Waals surface area contributed by atoms with Gasteiger partial charge in [-0.2, -0.15) is 0 Å². The SMILES string of the molecule is CCCOc1cccn(CCO)c1=O. The Kier molecular flexibility index (Phi) is 4.19. The summed E-state index contributed by atoms with van der Waals surface area (Å²) < 4.78 is 6.69. The molecule has 0 aliphatic heterocycles. The van der Waals surface area contributed by atoms with E-state index in [9.17, 15) is 4.79 Å². The number of pyridine rings is 1. The van der Waals surface area contributed by atoms with Crippen LogP contribution in [-0.4, -0.2) is 22.9 Å². The van der Waals surface area contributed by atoms with E-state index >= 15 is 0 Å². The zero-order valence-electron chi connectivity index (χ0n) is 8.27. The van der Waals surface area contributed by atoms with Gasteiger partial charge in [-0.05, 0) is 18.6 Å². The predicted molar refractivity (Wildman–Crippen MR) is 53.6 cm³/mol. The number of aliphatic hydroxyl groups is 1. The molecular formula is C10H15NO3. The third kappa shape index (κ3) is 2.60. The molecule has 0 fully saturated rings. The third-order valence-corrected chi connectivity index (χ3v) is 1.79. The van der Waals surface area contributed by atoms with Gasteiger partial charge < -0.3 is 14.4 Å². The molecule has 0 saturated heterocycles. The zero-order valence-corrected chi connectivity index (χ0v) is 8.27. The summed E-state index contributed by atoms with van der Waals surface area (Å²) in [6.07, 6.45) is 2.51. The first-order valence-electron chi connectivity index (χ1n) is 4.72. The number of aliphatic hydroxyl groups excluding tert-OH is 1. The monoisotopic (exact) mass is 197 g/mol. The van der Waals surface area contributed by atoms with Gasteiger partial charge in [0, 0.05) is 12.7 Å². The minimum atomic E-state index is -0.185. The Morgan fingerprint density at radius 1 is 1.57 bits per heavy atom. The first-order valence-corrected chi connectivity index (χ1v) is 4.72. The van der Waals surface area contributed by atoms with E-state index in [4.69, 9.17) is 9.84 Å². The van der Waals surface area contributed by atoms with Gasteiger partial charge in [-0.25, -0.2) is 0 Å². The molecule has 1 aromatic rings. The molecule has 4 heteroatoms. The molecule has 0 aliphatic carbocycles. The molecule has 0 aromatic carbocycles. The number of rotatable bonds is 5. The molecule has 1 heterocycles. The first-order chi connectivity index (χ1) is 6.79. The second-order valence-electron chi connectivity index (χ2n) is 2.94. The molecule has 4 nitrogen and oxygen atoms in total. The van der Waals surface area contributed by atoms with E-state index in [0.717, 1.165) is 6.42 Å². The lowest BCUT2D eigenvalue weighted by atomic mass is 10.4. The van der Waals surface area contributed by atoms with Crippen LogP contribution < -0.4 is 10.3 Å². The first kappa shape index (κ1) is 10.8. The highest BCUT2D eigenvalue weighted by molar-refractivity contribution is 5.17. The van der Waals surface area contributed by atoms with Crippen molar-refractivity contribution >= 4 is 0 Å². The number of nitrogens with zero attached hydrogens (tertiary/aromatic N) is 1. The Labute approximate surface area is 82.8 Å². The Bertz CT molecular complexity index is 332. The number of hydrogen-bond donors (Lipinski definition) is 1. The molecule has 1 N–H and O–H groups in total.